The van der Waals surface area contributed by atoms with E-state index < -0.39 is 17.3 Å². The molecule has 1 heterocycles. The first kappa shape index (κ1) is 17.7. The van der Waals surface area contributed by atoms with E-state index in [1.165, 1.54) is 19.4 Å². The van der Waals surface area contributed by atoms with E-state index in [9.17, 15) is 14.8 Å². The fourth-order valence-electron chi connectivity index (χ4n) is 1.28. The number of aromatic nitrogens is 1. The highest BCUT2D eigenvalue weighted by atomic mass is 16.7. The van der Waals surface area contributed by atoms with Crippen LogP contribution in [0.2, 0.25) is 0 Å². The first-order chi connectivity index (χ1) is 10.2. The van der Waals surface area contributed by atoms with Crippen LogP contribution in [0.25, 0.3) is 0 Å². The van der Waals surface area contributed by atoms with Crippen LogP contribution in [0.4, 0.5) is 0 Å². The summed E-state index contributed by atoms with van der Waals surface area (Å²) in [6.07, 6.45) is 2.22. The second-order valence-corrected chi connectivity index (χ2v) is 5.53. The summed E-state index contributed by atoms with van der Waals surface area (Å²) in [6, 6.07) is 1.37. The molecule has 0 fully saturated rings. The predicted molar refractivity (Wildman–Crippen MR) is 75.8 cm³/mol. The van der Waals surface area contributed by atoms with E-state index in [1.807, 2.05) is 5.48 Å². The zero-order valence-corrected chi connectivity index (χ0v) is 13.0. The second-order valence-electron chi connectivity index (χ2n) is 5.53. The Bertz CT molecular complexity index is 539. The summed E-state index contributed by atoms with van der Waals surface area (Å²) in [5.41, 5.74) is 1.26. The Kier molecular flexibility index (Phi) is 6.11. The number of hydroxylamine groups is 1. The Labute approximate surface area is 128 Å². The van der Waals surface area contributed by atoms with Gasteiger partial charge in [0.05, 0.1) is 12.0 Å². The second kappa shape index (κ2) is 7.60. The third-order valence-corrected chi connectivity index (χ3v) is 2.49. The molecular weight excluding hydrogens is 292 g/mol. The van der Waals surface area contributed by atoms with Gasteiger partial charge in [-0.05, 0) is 20.8 Å². The highest BCUT2D eigenvalue weighted by molar-refractivity contribution is 5.94. The zero-order chi connectivity index (χ0) is 16.8. The van der Waals surface area contributed by atoms with Crippen LogP contribution in [-0.4, -0.2) is 32.2 Å². The van der Waals surface area contributed by atoms with Gasteiger partial charge in [-0.25, -0.2) is 4.79 Å². The zero-order valence-electron chi connectivity index (χ0n) is 13.0. The number of ether oxygens (including phenoxy) is 2. The lowest BCUT2D eigenvalue weighted by molar-refractivity contribution is -0.606. The first-order valence-corrected chi connectivity index (χ1v) is 6.61. The predicted octanol–water partition coefficient (Wildman–Crippen LogP) is 0.579. The molecule has 1 rings (SSSR count). The third-order valence-electron chi connectivity index (χ3n) is 2.49. The van der Waals surface area contributed by atoms with E-state index in [4.69, 9.17) is 14.3 Å². The summed E-state index contributed by atoms with van der Waals surface area (Å²) in [7, 11) is 1.52. The molecule has 122 valence electrons. The third kappa shape index (κ3) is 5.57. The minimum atomic E-state index is -0.753. The van der Waals surface area contributed by atoms with Crippen molar-refractivity contribution in [1.82, 2.24) is 5.48 Å². The molecule has 0 atom stereocenters. The fraction of sp³-hybridized carbons (Fsp3) is 0.500. The Balaban J connectivity index is 2.70. The summed E-state index contributed by atoms with van der Waals surface area (Å²) in [4.78, 5) is 28.1. The molecule has 1 N–H and O–H groups in total. The topological polar surface area (TPSA) is 101 Å². The van der Waals surface area contributed by atoms with Gasteiger partial charge < -0.3 is 19.5 Å². The summed E-state index contributed by atoms with van der Waals surface area (Å²) in [5.74, 6) is -1.11. The van der Waals surface area contributed by atoms with E-state index in [1.54, 1.807) is 20.8 Å². The summed E-state index contributed by atoms with van der Waals surface area (Å²) in [6.45, 7) is 5.53. The molecule has 1 aromatic rings. The van der Waals surface area contributed by atoms with Gasteiger partial charge in [0.25, 0.3) is 5.91 Å². The van der Waals surface area contributed by atoms with Crippen LogP contribution in [0, 0.1) is 10.6 Å². The molecule has 8 nitrogen and oxygen atoms in total. The number of hydrogen-bond donors (Lipinski definition) is 1. The maximum Gasteiger partial charge on any atom is 0.337 e. The van der Waals surface area contributed by atoms with Crippen LogP contribution >= 0.6 is 0 Å². The monoisotopic (exact) mass is 312 g/mol. The smallest absolute Gasteiger partial charge is 0.337 e. The number of nitrogens with zero attached hydrogens (tertiary/aromatic N) is 1. The molecule has 22 heavy (non-hydrogen) atoms. The minimum absolute atomic E-state index is 0.00614. The number of rotatable bonds is 5. The van der Waals surface area contributed by atoms with Crippen molar-refractivity contribution in [3.8, 4) is 5.75 Å². The van der Waals surface area contributed by atoms with E-state index in [0.717, 1.165) is 6.20 Å². The molecule has 1 amide bonds. The van der Waals surface area contributed by atoms with Gasteiger partial charge in [0.1, 0.15) is 12.2 Å². The number of hydrogen-bond acceptors (Lipinski definition) is 6. The number of methoxy groups -OCH3 is 1. The standard InChI is InChI=1S/C14H20N2O6/c1-14(2,3)13(18)22-15-12(17)10-7-11(9-16(19)8-10)21-6-5-20-4/h7-9H,5-6H2,1-4H3,(H,15,17). The number of nitrogens with one attached hydrogen (secondary N) is 1. The number of carbonyl (C=O) groups excluding carboxylic acids is 2. The maximum atomic E-state index is 11.9. The molecule has 0 aromatic carbocycles. The number of pyridine rings is 1. The van der Waals surface area contributed by atoms with Crippen molar-refractivity contribution in [3.63, 3.8) is 0 Å². The van der Waals surface area contributed by atoms with E-state index in [2.05, 4.69) is 0 Å². The van der Waals surface area contributed by atoms with Crippen molar-refractivity contribution in [2.75, 3.05) is 20.3 Å². The van der Waals surface area contributed by atoms with Gasteiger partial charge in [-0.3, -0.25) is 4.79 Å². The van der Waals surface area contributed by atoms with Crippen LogP contribution in [0.5, 0.6) is 5.75 Å². The molecule has 0 saturated heterocycles. The van der Waals surface area contributed by atoms with Crippen LogP contribution in [0.15, 0.2) is 18.5 Å². The lowest BCUT2D eigenvalue weighted by atomic mass is 9.98. The van der Waals surface area contributed by atoms with Gasteiger partial charge in [0, 0.05) is 13.2 Å². The van der Waals surface area contributed by atoms with Gasteiger partial charge >= 0.3 is 5.97 Å². The molecular formula is C14H20N2O6. The number of carbonyl (C=O) groups is 2. The van der Waals surface area contributed by atoms with Gasteiger partial charge in [0.15, 0.2) is 11.9 Å². The molecule has 0 aliphatic carbocycles. The van der Waals surface area contributed by atoms with Gasteiger partial charge in [-0.1, -0.05) is 0 Å². The lowest BCUT2D eigenvalue weighted by Gasteiger charge is -2.15. The molecule has 0 aliphatic heterocycles. The molecule has 0 aliphatic rings. The summed E-state index contributed by atoms with van der Waals surface area (Å²) >= 11 is 0. The Morgan fingerprint density at radius 3 is 2.55 bits per heavy atom. The Hall–Kier alpha value is -2.35. The van der Waals surface area contributed by atoms with Crippen molar-refractivity contribution in [3.05, 3.63) is 29.2 Å². The summed E-state index contributed by atoms with van der Waals surface area (Å²) in [5, 5.41) is 11.5. The Morgan fingerprint density at radius 1 is 1.27 bits per heavy atom. The average Bonchev–Trinajstić information content (AvgIpc) is 2.43. The van der Waals surface area contributed by atoms with Gasteiger partial charge in [-0.2, -0.15) is 10.2 Å². The van der Waals surface area contributed by atoms with Gasteiger partial charge in [-0.15, -0.1) is 0 Å². The van der Waals surface area contributed by atoms with Crippen LogP contribution in [0.3, 0.4) is 0 Å². The van der Waals surface area contributed by atoms with Gasteiger partial charge in [0.2, 0.25) is 6.20 Å². The highest BCUT2D eigenvalue weighted by Gasteiger charge is 2.25. The average molecular weight is 312 g/mol. The Morgan fingerprint density at radius 2 is 1.95 bits per heavy atom. The van der Waals surface area contributed by atoms with E-state index in [0.29, 0.717) is 11.3 Å². The first-order valence-electron chi connectivity index (χ1n) is 6.61. The minimum Gasteiger partial charge on any atom is -0.619 e. The van der Waals surface area contributed by atoms with E-state index in [-0.39, 0.29) is 17.9 Å². The molecule has 0 spiro atoms. The molecule has 1 aromatic heterocycles. The quantitative estimate of drug-likeness (QED) is 0.369. The van der Waals surface area contributed by atoms with Crippen LogP contribution in [0.1, 0.15) is 31.1 Å². The SMILES string of the molecule is COCCOc1cc(C(=O)NOC(=O)C(C)(C)C)c[n+]([O-])c1. The van der Waals surface area contributed by atoms with Crippen molar-refractivity contribution in [2.24, 2.45) is 5.41 Å². The van der Waals surface area contributed by atoms with Crippen LogP contribution in [-0.2, 0) is 14.4 Å². The van der Waals surface area contributed by atoms with Crippen molar-refractivity contribution in [1.29, 1.82) is 0 Å². The number of amides is 1. The molecule has 0 radical (unpaired) electrons. The maximum absolute atomic E-state index is 11.9. The molecule has 0 bridgehead atoms. The van der Waals surface area contributed by atoms with Crippen molar-refractivity contribution in [2.45, 2.75) is 20.8 Å². The largest absolute Gasteiger partial charge is 0.619 e. The van der Waals surface area contributed by atoms with Crippen molar-refractivity contribution < 1.29 is 28.6 Å². The normalized spacial score (nSPS) is 10.9. The molecule has 8 heteroatoms. The van der Waals surface area contributed by atoms with Crippen LogP contribution < -0.4 is 14.9 Å². The van der Waals surface area contributed by atoms with E-state index >= 15 is 0 Å². The van der Waals surface area contributed by atoms with Crippen molar-refractivity contribution >= 4 is 11.9 Å². The fourth-order valence-corrected chi connectivity index (χ4v) is 1.28. The highest BCUT2D eigenvalue weighted by Crippen LogP contribution is 2.14. The molecule has 0 unspecified atom stereocenters. The lowest BCUT2D eigenvalue weighted by Crippen LogP contribution is -2.35. The summed E-state index contributed by atoms with van der Waals surface area (Å²) < 4.78 is 10.5. The molecule has 0 saturated carbocycles.